The van der Waals surface area contributed by atoms with Gasteiger partial charge in [-0.2, -0.15) is 4.31 Å². The van der Waals surface area contributed by atoms with E-state index in [2.05, 4.69) is 10.6 Å². The molecule has 58 heavy (non-hydrogen) atoms. The van der Waals surface area contributed by atoms with E-state index < -0.39 is 34.7 Å². The molecule has 0 spiro atoms. The highest BCUT2D eigenvalue weighted by Gasteiger charge is 2.33. The molecule has 5 N–H and O–H groups in total. The fourth-order valence-corrected chi connectivity index (χ4v) is 8.05. The Kier molecular flexibility index (Phi) is 13.1. The zero-order valence-corrected chi connectivity index (χ0v) is 33.1. The van der Waals surface area contributed by atoms with Crippen LogP contribution in [-0.2, 0) is 37.9 Å². The van der Waals surface area contributed by atoms with Crippen LogP contribution in [0.4, 0.5) is 11.4 Å². The number of nitrogens with one attached hydrogen (secondary N) is 2. The molecule has 1 aromatic heterocycles. The van der Waals surface area contributed by atoms with Crippen molar-refractivity contribution in [2.75, 3.05) is 44.5 Å². The molecule has 5 aromatic rings. The number of allylic oxidation sites excluding steroid dienone is 1. The third-order valence-electron chi connectivity index (χ3n) is 9.82. The average molecular weight is 811 g/mol. The average Bonchev–Trinajstić information content (AvgIpc) is 3.46. The van der Waals surface area contributed by atoms with Crippen molar-refractivity contribution >= 4 is 33.2 Å². The van der Waals surface area contributed by atoms with Crippen LogP contribution in [0.3, 0.4) is 0 Å². The van der Waals surface area contributed by atoms with E-state index in [1.54, 1.807) is 71.0 Å². The van der Waals surface area contributed by atoms with Crippen LogP contribution in [-0.4, -0.2) is 78.7 Å². The van der Waals surface area contributed by atoms with Gasteiger partial charge in [-0.25, -0.2) is 13.1 Å². The summed E-state index contributed by atoms with van der Waals surface area (Å²) in [6.07, 6.45) is 0.703. The maximum absolute atomic E-state index is 14.1. The lowest BCUT2D eigenvalue weighted by molar-refractivity contribution is -0.146. The summed E-state index contributed by atoms with van der Waals surface area (Å²) < 4.78 is 48.7. The molecule has 0 unspecified atom stereocenters. The largest absolute Gasteiger partial charge is 0.497 e. The van der Waals surface area contributed by atoms with Crippen molar-refractivity contribution in [3.8, 4) is 11.4 Å². The van der Waals surface area contributed by atoms with Gasteiger partial charge in [0.25, 0.3) is 17.4 Å². The number of ether oxygens (including phenoxy) is 3. The van der Waals surface area contributed by atoms with E-state index in [1.807, 2.05) is 37.3 Å². The number of rotatable bonds is 16. The standard InChI is InChI=1S/C42H46N6O9S/c1-28-39(42(52)48(46(28)2)32-9-5-4-6-10-32)31-25-37(41(51)44-27-29-13-15-30(16-14-29)40(50)45-36-12-8-7-11-35(36)43)57-38(26-31)56-24-22-47(21-23-49)58(53,54)34-19-17-33(55-3)18-20-34/h4-20,25,31,38,49H,21-24,26-27,43H2,1-3H3,(H,44,51)(H,45,50)/t31-,38+/m0/s1. The van der Waals surface area contributed by atoms with Gasteiger partial charge in [0.1, 0.15) is 5.75 Å². The Hall–Kier alpha value is -6.20. The summed E-state index contributed by atoms with van der Waals surface area (Å²) in [6, 6.07) is 28.7. The molecule has 16 heteroatoms. The number of methoxy groups -OCH3 is 1. The number of carbonyl (C=O) groups is 2. The highest BCUT2D eigenvalue weighted by molar-refractivity contribution is 7.89. The Morgan fingerprint density at radius 3 is 2.31 bits per heavy atom. The monoisotopic (exact) mass is 810 g/mol. The van der Waals surface area contributed by atoms with Gasteiger partial charge in [0.15, 0.2) is 5.76 Å². The number of nitrogen functional groups attached to an aromatic ring is 1. The molecule has 0 aliphatic carbocycles. The molecule has 2 amide bonds. The molecule has 0 bridgehead atoms. The number of hydrogen-bond acceptors (Lipinski definition) is 10. The van der Waals surface area contributed by atoms with Crippen LogP contribution in [0.25, 0.3) is 5.69 Å². The lowest BCUT2D eigenvalue weighted by atomic mass is 9.93. The Morgan fingerprint density at radius 1 is 0.948 bits per heavy atom. The third-order valence-corrected chi connectivity index (χ3v) is 11.7. The molecule has 0 fully saturated rings. The third kappa shape index (κ3) is 9.32. The van der Waals surface area contributed by atoms with Gasteiger partial charge in [-0.15, -0.1) is 0 Å². The number of carbonyl (C=O) groups excluding carboxylic acids is 2. The number of para-hydroxylation sites is 3. The summed E-state index contributed by atoms with van der Waals surface area (Å²) in [5.41, 5.74) is 9.51. The molecule has 2 heterocycles. The molecule has 1 aliphatic heterocycles. The fraction of sp³-hybridized carbons (Fsp3) is 0.262. The maximum atomic E-state index is 14.1. The summed E-state index contributed by atoms with van der Waals surface area (Å²) in [7, 11) is -0.760. The zero-order valence-electron chi connectivity index (χ0n) is 32.3. The minimum Gasteiger partial charge on any atom is -0.497 e. The molecule has 4 aromatic carbocycles. The number of nitrogens with zero attached hydrogens (tertiary/aromatic N) is 3. The minimum absolute atomic E-state index is 0.0159. The summed E-state index contributed by atoms with van der Waals surface area (Å²) in [5.74, 6) is -1.11. The number of sulfonamides is 1. The Labute approximate surface area is 336 Å². The number of benzene rings is 4. The highest BCUT2D eigenvalue weighted by Crippen LogP contribution is 2.32. The number of aliphatic hydroxyl groups is 1. The van der Waals surface area contributed by atoms with E-state index in [0.717, 1.165) is 4.31 Å². The molecular weight excluding hydrogens is 765 g/mol. The van der Waals surface area contributed by atoms with Gasteiger partial charge in [-0.1, -0.05) is 42.5 Å². The summed E-state index contributed by atoms with van der Waals surface area (Å²) in [4.78, 5) is 40.6. The molecule has 1 aliphatic rings. The van der Waals surface area contributed by atoms with E-state index in [9.17, 15) is 27.9 Å². The van der Waals surface area contributed by atoms with Gasteiger partial charge in [-0.3, -0.25) is 19.1 Å². The number of anilines is 2. The molecule has 0 radical (unpaired) electrons. The molecule has 0 saturated carbocycles. The Morgan fingerprint density at radius 2 is 1.64 bits per heavy atom. The predicted octanol–water partition coefficient (Wildman–Crippen LogP) is 4.06. The Bertz CT molecular complexity index is 2430. The van der Waals surface area contributed by atoms with Gasteiger partial charge in [-0.05, 0) is 79.2 Å². The highest BCUT2D eigenvalue weighted by atomic mass is 32.2. The summed E-state index contributed by atoms with van der Waals surface area (Å²) in [5, 5.41) is 15.4. The van der Waals surface area contributed by atoms with Crippen molar-refractivity contribution < 1.29 is 37.3 Å². The van der Waals surface area contributed by atoms with Crippen molar-refractivity contribution in [2.45, 2.75) is 37.0 Å². The van der Waals surface area contributed by atoms with Crippen molar-refractivity contribution in [1.29, 1.82) is 0 Å². The first-order valence-electron chi connectivity index (χ1n) is 18.5. The normalized spacial score (nSPS) is 15.4. The van der Waals surface area contributed by atoms with Gasteiger partial charge < -0.3 is 35.7 Å². The van der Waals surface area contributed by atoms with Crippen LogP contribution in [0.5, 0.6) is 5.75 Å². The van der Waals surface area contributed by atoms with Crippen LogP contribution in [0, 0.1) is 6.92 Å². The first kappa shape index (κ1) is 41.4. The number of amides is 2. The number of nitrogens with two attached hydrogens (primary N) is 1. The second-order valence-corrected chi connectivity index (χ2v) is 15.4. The summed E-state index contributed by atoms with van der Waals surface area (Å²) >= 11 is 0. The number of hydrogen-bond donors (Lipinski definition) is 4. The van der Waals surface area contributed by atoms with Crippen molar-refractivity contribution in [3.63, 3.8) is 0 Å². The lowest BCUT2D eigenvalue weighted by Crippen LogP contribution is -2.38. The second-order valence-electron chi connectivity index (χ2n) is 13.5. The van der Waals surface area contributed by atoms with Crippen LogP contribution >= 0.6 is 0 Å². The molecule has 6 rings (SSSR count). The zero-order chi connectivity index (χ0) is 41.4. The van der Waals surface area contributed by atoms with Crippen LogP contribution in [0.1, 0.15) is 39.5 Å². The maximum Gasteiger partial charge on any atom is 0.286 e. The molecule has 304 valence electrons. The van der Waals surface area contributed by atoms with Crippen LogP contribution < -0.4 is 26.7 Å². The fourth-order valence-electron chi connectivity index (χ4n) is 6.63. The van der Waals surface area contributed by atoms with E-state index >= 15 is 0 Å². The molecule has 15 nitrogen and oxygen atoms in total. The predicted molar refractivity (Wildman–Crippen MR) is 218 cm³/mol. The first-order valence-corrected chi connectivity index (χ1v) is 20.0. The molecule has 0 saturated heterocycles. The van der Waals surface area contributed by atoms with Crippen molar-refractivity contribution in [1.82, 2.24) is 19.0 Å². The second kappa shape index (κ2) is 18.4. The quantitative estimate of drug-likeness (QED) is 0.106. The smallest absolute Gasteiger partial charge is 0.286 e. The van der Waals surface area contributed by atoms with Crippen LogP contribution in [0.2, 0.25) is 0 Å². The molecule has 2 atom stereocenters. The van der Waals surface area contributed by atoms with E-state index in [1.165, 1.54) is 31.4 Å². The van der Waals surface area contributed by atoms with E-state index in [-0.39, 0.29) is 54.8 Å². The van der Waals surface area contributed by atoms with Crippen molar-refractivity contribution in [3.05, 3.63) is 148 Å². The van der Waals surface area contributed by atoms with Gasteiger partial charge >= 0.3 is 0 Å². The van der Waals surface area contributed by atoms with Gasteiger partial charge in [0, 0.05) is 55.8 Å². The number of aromatic nitrogens is 2. The number of aliphatic hydroxyl groups excluding tert-OH is 1. The topological polar surface area (TPSA) is 196 Å². The first-order chi connectivity index (χ1) is 27.9. The Balaban J connectivity index is 1.19. The minimum atomic E-state index is -4.02. The van der Waals surface area contributed by atoms with Gasteiger partial charge in [0.05, 0.1) is 42.3 Å². The van der Waals surface area contributed by atoms with E-state index in [0.29, 0.717) is 45.2 Å². The van der Waals surface area contributed by atoms with E-state index in [4.69, 9.17) is 19.9 Å². The van der Waals surface area contributed by atoms with Crippen LogP contribution in [0.15, 0.2) is 125 Å². The van der Waals surface area contributed by atoms with Gasteiger partial charge in [0.2, 0.25) is 16.3 Å². The molecular formula is C42H46N6O9S. The van der Waals surface area contributed by atoms with Crippen molar-refractivity contribution in [2.24, 2.45) is 7.05 Å². The lowest BCUT2D eigenvalue weighted by Gasteiger charge is -2.29. The SMILES string of the molecule is COc1ccc(S(=O)(=O)N(CCO)CCO[C@H]2C[C@@H](c3c(C)n(C)n(-c4ccccc4)c3=O)C=C(C(=O)NCc3ccc(C(=O)Nc4ccccc4N)cc3)O2)cc1. The summed E-state index contributed by atoms with van der Waals surface area (Å²) in [6.45, 7) is 1.01.